The van der Waals surface area contributed by atoms with Crippen LogP contribution in [-0.2, 0) is 13.0 Å². The van der Waals surface area contributed by atoms with Gasteiger partial charge < -0.3 is 5.32 Å². The fraction of sp³-hybridized carbons (Fsp3) is 0.684. The largest absolute Gasteiger partial charge is 0.312 e. The summed E-state index contributed by atoms with van der Waals surface area (Å²) in [6, 6.07) is 8.97. The molecule has 1 aliphatic rings. The van der Waals surface area contributed by atoms with Gasteiger partial charge in [-0.15, -0.1) is 0 Å². The lowest BCUT2D eigenvalue weighted by molar-refractivity contribution is 0.314. The summed E-state index contributed by atoms with van der Waals surface area (Å²) in [5.41, 5.74) is 3.23. The van der Waals surface area contributed by atoms with Crippen molar-refractivity contribution in [3.8, 4) is 0 Å². The van der Waals surface area contributed by atoms with E-state index in [1.165, 1.54) is 37.1 Å². The second-order valence-corrected chi connectivity index (χ2v) is 7.49. The van der Waals surface area contributed by atoms with E-state index in [0.29, 0.717) is 0 Å². The van der Waals surface area contributed by atoms with E-state index in [2.05, 4.69) is 62.2 Å². The summed E-state index contributed by atoms with van der Waals surface area (Å²) in [4.78, 5) is 2.63. The normalized spacial score (nSPS) is 20.1. The van der Waals surface area contributed by atoms with Crippen LogP contribution in [0.4, 0.5) is 0 Å². The molecule has 2 rings (SSSR count). The first-order valence-corrected chi connectivity index (χ1v) is 8.52. The molecule has 0 aliphatic carbocycles. The zero-order chi connectivity index (χ0) is 15.3. The van der Waals surface area contributed by atoms with Crippen LogP contribution in [0.15, 0.2) is 24.3 Å². The molecule has 1 unspecified atom stereocenters. The molecule has 1 N–H and O–H groups in total. The Morgan fingerprint density at radius 2 is 1.90 bits per heavy atom. The van der Waals surface area contributed by atoms with E-state index in [4.69, 9.17) is 0 Å². The summed E-state index contributed by atoms with van der Waals surface area (Å²) in [6.45, 7) is 13.7. The number of likely N-dealkylation sites (tertiary alicyclic amines) is 1. The Kier molecular flexibility index (Phi) is 5.83. The topological polar surface area (TPSA) is 15.3 Å². The van der Waals surface area contributed by atoms with Crippen molar-refractivity contribution in [1.82, 2.24) is 10.2 Å². The van der Waals surface area contributed by atoms with Crippen molar-refractivity contribution in [2.24, 2.45) is 5.92 Å². The lowest BCUT2D eigenvalue weighted by Crippen LogP contribution is -2.37. The number of rotatable bonds is 6. The Morgan fingerprint density at radius 3 is 2.52 bits per heavy atom. The SMILES string of the molecule is CCC1CCN(Cc2ccccc2CCNC(C)(C)C)C1. The van der Waals surface area contributed by atoms with Crippen molar-refractivity contribution < 1.29 is 0 Å². The molecule has 0 spiro atoms. The lowest BCUT2D eigenvalue weighted by Gasteiger charge is -2.22. The van der Waals surface area contributed by atoms with Gasteiger partial charge in [0.15, 0.2) is 0 Å². The van der Waals surface area contributed by atoms with Crippen LogP contribution in [0.1, 0.15) is 51.7 Å². The van der Waals surface area contributed by atoms with E-state index in [9.17, 15) is 0 Å². The summed E-state index contributed by atoms with van der Waals surface area (Å²) >= 11 is 0. The van der Waals surface area contributed by atoms with Gasteiger partial charge in [-0.25, -0.2) is 0 Å². The van der Waals surface area contributed by atoms with Crippen LogP contribution < -0.4 is 5.32 Å². The van der Waals surface area contributed by atoms with E-state index in [0.717, 1.165) is 25.4 Å². The Labute approximate surface area is 130 Å². The average Bonchev–Trinajstić information content (AvgIpc) is 2.87. The molecule has 21 heavy (non-hydrogen) atoms. The van der Waals surface area contributed by atoms with Crippen LogP contribution in [0.25, 0.3) is 0 Å². The minimum atomic E-state index is 0.207. The third kappa shape index (κ3) is 5.44. The molecular weight excluding hydrogens is 256 g/mol. The highest BCUT2D eigenvalue weighted by atomic mass is 15.1. The molecule has 1 aromatic carbocycles. The molecule has 2 nitrogen and oxygen atoms in total. The van der Waals surface area contributed by atoms with Crippen LogP contribution in [0.5, 0.6) is 0 Å². The van der Waals surface area contributed by atoms with Gasteiger partial charge >= 0.3 is 0 Å². The summed E-state index contributed by atoms with van der Waals surface area (Å²) in [6.07, 6.45) is 3.83. The molecule has 1 aliphatic heterocycles. The first kappa shape index (κ1) is 16.5. The molecule has 1 aromatic rings. The third-order valence-electron chi connectivity index (χ3n) is 4.51. The second-order valence-electron chi connectivity index (χ2n) is 7.49. The van der Waals surface area contributed by atoms with Gasteiger partial charge in [-0.2, -0.15) is 0 Å². The Hall–Kier alpha value is -0.860. The quantitative estimate of drug-likeness (QED) is 0.855. The maximum Gasteiger partial charge on any atom is 0.0236 e. The van der Waals surface area contributed by atoms with E-state index >= 15 is 0 Å². The summed E-state index contributed by atoms with van der Waals surface area (Å²) in [7, 11) is 0. The van der Waals surface area contributed by atoms with E-state index in [-0.39, 0.29) is 5.54 Å². The maximum absolute atomic E-state index is 3.59. The first-order valence-electron chi connectivity index (χ1n) is 8.52. The highest BCUT2D eigenvalue weighted by Gasteiger charge is 2.21. The number of hydrogen-bond donors (Lipinski definition) is 1. The van der Waals surface area contributed by atoms with Crippen LogP contribution >= 0.6 is 0 Å². The molecule has 118 valence electrons. The fourth-order valence-electron chi connectivity index (χ4n) is 3.16. The van der Waals surface area contributed by atoms with Crippen molar-refractivity contribution in [2.45, 2.75) is 59.0 Å². The first-order chi connectivity index (χ1) is 9.98. The van der Waals surface area contributed by atoms with Crippen molar-refractivity contribution >= 4 is 0 Å². The molecular formula is C19H32N2. The molecule has 0 saturated carbocycles. The summed E-state index contributed by atoms with van der Waals surface area (Å²) in [5, 5.41) is 3.59. The molecule has 1 heterocycles. The van der Waals surface area contributed by atoms with Gasteiger partial charge in [0.2, 0.25) is 0 Å². The molecule has 2 heteroatoms. The van der Waals surface area contributed by atoms with Crippen LogP contribution in [0.2, 0.25) is 0 Å². The van der Waals surface area contributed by atoms with Crippen molar-refractivity contribution in [3.63, 3.8) is 0 Å². The number of hydrogen-bond acceptors (Lipinski definition) is 2. The molecule has 0 radical (unpaired) electrons. The van der Waals surface area contributed by atoms with Gasteiger partial charge in [-0.05, 0) is 63.7 Å². The van der Waals surface area contributed by atoms with E-state index < -0.39 is 0 Å². The van der Waals surface area contributed by atoms with Crippen molar-refractivity contribution in [2.75, 3.05) is 19.6 Å². The molecule has 1 atom stereocenters. The highest BCUT2D eigenvalue weighted by Crippen LogP contribution is 2.22. The van der Waals surface area contributed by atoms with Crippen molar-refractivity contribution in [3.05, 3.63) is 35.4 Å². The second kappa shape index (κ2) is 7.42. The van der Waals surface area contributed by atoms with Gasteiger partial charge in [0.05, 0.1) is 0 Å². The van der Waals surface area contributed by atoms with Crippen LogP contribution in [-0.4, -0.2) is 30.1 Å². The van der Waals surface area contributed by atoms with Crippen molar-refractivity contribution in [1.29, 1.82) is 0 Å². The Morgan fingerprint density at radius 1 is 1.19 bits per heavy atom. The number of nitrogens with zero attached hydrogens (tertiary/aromatic N) is 1. The smallest absolute Gasteiger partial charge is 0.0236 e. The van der Waals surface area contributed by atoms with Gasteiger partial charge in [-0.3, -0.25) is 4.90 Å². The van der Waals surface area contributed by atoms with Gasteiger partial charge in [0, 0.05) is 18.6 Å². The summed E-state index contributed by atoms with van der Waals surface area (Å²) in [5.74, 6) is 0.916. The monoisotopic (exact) mass is 288 g/mol. The zero-order valence-electron chi connectivity index (χ0n) is 14.3. The Balaban J connectivity index is 1.91. The van der Waals surface area contributed by atoms with E-state index in [1.54, 1.807) is 0 Å². The minimum Gasteiger partial charge on any atom is -0.312 e. The van der Waals surface area contributed by atoms with Crippen LogP contribution in [0, 0.1) is 5.92 Å². The standard InChI is InChI=1S/C19H32N2/c1-5-16-11-13-21(14-16)15-18-9-7-6-8-17(18)10-12-20-19(2,3)4/h6-9,16,20H,5,10-15H2,1-4H3. The Bertz CT molecular complexity index is 433. The lowest BCUT2D eigenvalue weighted by atomic mass is 10.0. The molecule has 0 amide bonds. The van der Waals surface area contributed by atoms with Gasteiger partial charge in [0.1, 0.15) is 0 Å². The molecule has 0 aromatic heterocycles. The fourth-order valence-corrected chi connectivity index (χ4v) is 3.16. The molecule has 0 bridgehead atoms. The molecule has 1 fully saturated rings. The molecule has 1 saturated heterocycles. The predicted molar refractivity (Wildman–Crippen MR) is 91.6 cm³/mol. The number of benzene rings is 1. The highest BCUT2D eigenvalue weighted by molar-refractivity contribution is 5.27. The predicted octanol–water partition coefficient (Wildman–Crippen LogP) is 3.85. The van der Waals surface area contributed by atoms with E-state index in [1.807, 2.05) is 0 Å². The van der Waals surface area contributed by atoms with Gasteiger partial charge in [-0.1, -0.05) is 37.6 Å². The minimum absolute atomic E-state index is 0.207. The van der Waals surface area contributed by atoms with Crippen LogP contribution in [0.3, 0.4) is 0 Å². The summed E-state index contributed by atoms with van der Waals surface area (Å²) < 4.78 is 0. The average molecular weight is 288 g/mol. The third-order valence-corrected chi connectivity index (χ3v) is 4.51. The zero-order valence-corrected chi connectivity index (χ0v) is 14.3. The number of nitrogens with one attached hydrogen (secondary N) is 1. The van der Waals surface area contributed by atoms with Gasteiger partial charge in [0.25, 0.3) is 0 Å². The maximum atomic E-state index is 3.59.